The highest BCUT2D eigenvalue weighted by Crippen LogP contribution is 2.41. The van der Waals surface area contributed by atoms with Crippen LogP contribution < -0.4 is 5.43 Å². The predicted octanol–water partition coefficient (Wildman–Crippen LogP) is 6.61. The molecule has 5 rings (SSSR count). The second-order valence-corrected chi connectivity index (χ2v) is 8.65. The van der Waals surface area contributed by atoms with Gasteiger partial charge in [-0.15, -0.1) is 11.8 Å². The molecule has 1 aliphatic heterocycles. The van der Waals surface area contributed by atoms with Crippen LogP contribution >= 0.6 is 11.8 Å². The molecule has 28 heavy (non-hydrogen) atoms. The van der Waals surface area contributed by atoms with E-state index in [1.807, 2.05) is 30.3 Å². The van der Waals surface area contributed by atoms with Crippen LogP contribution in [0.3, 0.4) is 0 Å². The first kappa shape index (κ1) is 17.3. The molecule has 0 saturated carbocycles. The number of thioether (sulfide) groups is 1. The van der Waals surface area contributed by atoms with Crippen LogP contribution in [0.15, 0.2) is 70.9 Å². The van der Waals surface area contributed by atoms with Gasteiger partial charge in [-0.25, -0.2) is 0 Å². The van der Waals surface area contributed by atoms with E-state index in [2.05, 4.69) is 60.6 Å². The number of nitrogens with one attached hydrogen (secondary N) is 1. The van der Waals surface area contributed by atoms with Crippen LogP contribution in [0.5, 0.6) is 0 Å². The first-order valence-electron chi connectivity index (χ1n) is 9.63. The van der Waals surface area contributed by atoms with Gasteiger partial charge >= 0.3 is 0 Å². The topological polar surface area (TPSA) is 32.9 Å². The zero-order valence-corrected chi connectivity index (χ0v) is 16.7. The second kappa shape index (κ2) is 6.68. The van der Waals surface area contributed by atoms with Crippen molar-refractivity contribution in [3.63, 3.8) is 0 Å². The molecule has 1 N–H and O–H groups in total. The van der Waals surface area contributed by atoms with E-state index in [0.29, 0.717) is 5.92 Å². The molecule has 3 aromatic carbocycles. The van der Waals surface area contributed by atoms with Crippen molar-refractivity contribution in [1.29, 1.82) is 0 Å². The predicted molar refractivity (Wildman–Crippen MR) is 121 cm³/mol. The van der Waals surface area contributed by atoms with Crippen molar-refractivity contribution >= 4 is 39.6 Å². The number of para-hydroxylation sites is 1. The summed E-state index contributed by atoms with van der Waals surface area (Å²) in [5.74, 6) is 0.499. The maximum atomic E-state index is 13.7. The van der Waals surface area contributed by atoms with E-state index in [4.69, 9.17) is 0 Å². The first-order chi connectivity index (χ1) is 13.6. The Morgan fingerprint density at radius 2 is 1.71 bits per heavy atom. The quantitative estimate of drug-likeness (QED) is 0.422. The van der Waals surface area contributed by atoms with Gasteiger partial charge in [0.1, 0.15) is 0 Å². The fraction of sp³-hybridized carbons (Fsp3) is 0.160. The molecule has 1 aliphatic rings. The third kappa shape index (κ3) is 2.70. The van der Waals surface area contributed by atoms with Crippen molar-refractivity contribution < 1.29 is 0 Å². The van der Waals surface area contributed by atoms with Crippen molar-refractivity contribution in [2.45, 2.75) is 25.0 Å². The van der Waals surface area contributed by atoms with Gasteiger partial charge in [0.15, 0.2) is 5.43 Å². The molecule has 0 spiro atoms. The fourth-order valence-electron chi connectivity index (χ4n) is 4.04. The Balaban J connectivity index is 1.78. The van der Waals surface area contributed by atoms with Gasteiger partial charge < -0.3 is 4.98 Å². The number of hydrogen-bond donors (Lipinski definition) is 1. The van der Waals surface area contributed by atoms with E-state index in [1.165, 1.54) is 11.1 Å². The molecular weight excluding hydrogens is 362 g/mol. The van der Waals surface area contributed by atoms with Crippen LogP contribution in [0, 0.1) is 0 Å². The van der Waals surface area contributed by atoms with Gasteiger partial charge in [-0.2, -0.15) is 0 Å². The molecule has 0 bridgehead atoms. The molecule has 0 amide bonds. The Kier molecular flexibility index (Phi) is 4.13. The van der Waals surface area contributed by atoms with Crippen LogP contribution in [0.2, 0.25) is 0 Å². The van der Waals surface area contributed by atoms with Crippen molar-refractivity contribution in [3.05, 3.63) is 98.5 Å². The van der Waals surface area contributed by atoms with Gasteiger partial charge in [0.05, 0.1) is 16.2 Å². The number of fused-ring (bicyclic) bond motifs is 4. The van der Waals surface area contributed by atoms with Crippen LogP contribution in [0.4, 0.5) is 0 Å². The maximum Gasteiger partial charge on any atom is 0.193 e. The van der Waals surface area contributed by atoms with Crippen molar-refractivity contribution in [2.24, 2.45) is 0 Å². The lowest BCUT2D eigenvalue weighted by atomic mass is 9.96. The fourth-order valence-corrected chi connectivity index (χ4v) is 5.11. The van der Waals surface area contributed by atoms with Gasteiger partial charge in [0.25, 0.3) is 0 Å². The van der Waals surface area contributed by atoms with E-state index < -0.39 is 0 Å². The molecule has 2 nitrogen and oxygen atoms in total. The van der Waals surface area contributed by atoms with Gasteiger partial charge in [0, 0.05) is 16.5 Å². The first-order valence-corrected chi connectivity index (χ1v) is 10.6. The van der Waals surface area contributed by atoms with Gasteiger partial charge in [-0.3, -0.25) is 4.79 Å². The summed E-state index contributed by atoms with van der Waals surface area (Å²) in [7, 11) is 0. The molecule has 3 heteroatoms. The Bertz CT molecular complexity index is 1280. The van der Waals surface area contributed by atoms with Gasteiger partial charge in [0.2, 0.25) is 0 Å². The van der Waals surface area contributed by atoms with Crippen LogP contribution in [-0.2, 0) is 0 Å². The van der Waals surface area contributed by atoms with Crippen LogP contribution in [0.25, 0.3) is 27.9 Å². The zero-order chi connectivity index (χ0) is 19.3. The Labute approximate surface area is 168 Å². The van der Waals surface area contributed by atoms with Crippen molar-refractivity contribution in [2.75, 3.05) is 0 Å². The van der Waals surface area contributed by atoms with Crippen molar-refractivity contribution in [3.8, 4) is 0 Å². The molecule has 0 radical (unpaired) electrons. The molecule has 4 aromatic rings. The second-order valence-electron chi connectivity index (χ2n) is 7.63. The summed E-state index contributed by atoms with van der Waals surface area (Å²) < 4.78 is 0. The average molecular weight is 384 g/mol. The third-order valence-electron chi connectivity index (χ3n) is 5.58. The average Bonchev–Trinajstić information content (AvgIpc) is 3.03. The summed E-state index contributed by atoms with van der Waals surface area (Å²) in [6.45, 7) is 4.40. The summed E-state index contributed by atoms with van der Waals surface area (Å²) in [6, 6.07) is 20.9. The lowest BCUT2D eigenvalue weighted by Gasteiger charge is -2.20. The highest BCUT2D eigenvalue weighted by Gasteiger charge is 2.24. The highest BCUT2D eigenvalue weighted by molar-refractivity contribution is 8.02. The Morgan fingerprint density at radius 1 is 0.929 bits per heavy atom. The number of H-pyrrole nitrogens is 1. The van der Waals surface area contributed by atoms with Gasteiger partial charge in [-0.1, -0.05) is 62.4 Å². The Morgan fingerprint density at radius 3 is 2.50 bits per heavy atom. The molecule has 1 atom stereocenters. The summed E-state index contributed by atoms with van der Waals surface area (Å²) in [5, 5.41) is 3.90. The van der Waals surface area contributed by atoms with Crippen LogP contribution in [-0.4, -0.2) is 4.98 Å². The number of hydrogen-bond acceptors (Lipinski definition) is 2. The monoisotopic (exact) mass is 383 g/mol. The van der Waals surface area contributed by atoms with E-state index in [0.717, 1.165) is 32.9 Å². The van der Waals surface area contributed by atoms with E-state index in [-0.39, 0.29) is 10.7 Å². The van der Waals surface area contributed by atoms with Gasteiger partial charge in [-0.05, 0) is 46.2 Å². The molecule has 0 fully saturated rings. The number of aromatic amines is 1. The number of rotatable bonds is 2. The minimum atomic E-state index is 0.0120. The summed E-state index contributed by atoms with van der Waals surface area (Å²) in [5.41, 5.74) is 6.41. The lowest BCUT2D eigenvalue weighted by Crippen LogP contribution is -2.13. The normalized spacial score (nSPS) is 16.0. The van der Waals surface area contributed by atoms with E-state index in [9.17, 15) is 4.79 Å². The summed E-state index contributed by atoms with van der Waals surface area (Å²) >= 11 is 1.71. The third-order valence-corrected chi connectivity index (χ3v) is 6.65. The molecular formula is C25H21NOS. The maximum absolute atomic E-state index is 13.7. The largest absolute Gasteiger partial charge is 0.354 e. The molecule has 138 valence electrons. The minimum Gasteiger partial charge on any atom is -0.354 e. The van der Waals surface area contributed by atoms with Crippen LogP contribution in [0.1, 0.15) is 47.3 Å². The number of benzene rings is 2. The standard InChI is InChI=1S/C25H21NOS/c1-15(2)16-7-9-18(10-8-16)25-22-17(13-14-28-25)11-12-21-23(24(22)27)19-5-3-4-6-20(19)26-21/h3-15,25-26H,1-2H3. The lowest BCUT2D eigenvalue weighted by molar-refractivity contribution is 0.865. The molecule has 0 saturated heterocycles. The highest BCUT2D eigenvalue weighted by atomic mass is 32.2. The molecule has 2 heterocycles. The molecule has 0 aliphatic carbocycles. The number of aromatic nitrogens is 1. The van der Waals surface area contributed by atoms with Crippen molar-refractivity contribution in [1.82, 2.24) is 4.98 Å². The SMILES string of the molecule is CC(C)c1ccc(C2SC=Cc3ccc4[nH]c5ccccc5c4c(=O)c32)cc1. The molecule has 1 unspecified atom stereocenters. The summed E-state index contributed by atoms with van der Waals surface area (Å²) in [4.78, 5) is 17.1. The molecule has 1 aromatic heterocycles. The smallest absolute Gasteiger partial charge is 0.193 e. The van der Waals surface area contributed by atoms with E-state index >= 15 is 0 Å². The minimum absolute atomic E-state index is 0.0120. The zero-order valence-electron chi connectivity index (χ0n) is 15.9. The Hall–Kier alpha value is -2.78. The van der Waals surface area contributed by atoms with E-state index in [1.54, 1.807) is 11.8 Å². The summed E-state index contributed by atoms with van der Waals surface area (Å²) in [6.07, 6.45) is 2.06.